The van der Waals surface area contributed by atoms with Crippen molar-refractivity contribution < 1.29 is 4.39 Å². The molecule has 7 nitrogen and oxygen atoms in total. The normalized spacial score (nSPS) is 11.8. The third-order valence-corrected chi connectivity index (χ3v) is 6.54. The highest BCUT2D eigenvalue weighted by Gasteiger charge is 2.21. The minimum atomic E-state index is -0.455. The number of pyridine rings is 2. The van der Waals surface area contributed by atoms with Gasteiger partial charge in [-0.3, -0.25) is 15.1 Å². The maximum absolute atomic E-state index is 15.9. The summed E-state index contributed by atoms with van der Waals surface area (Å²) in [5.41, 5.74) is 5.48. The summed E-state index contributed by atoms with van der Waals surface area (Å²) in [4.78, 5) is 19.9. The molecular weight excluding hydrogens is 449 g/mol. The molecule has 2 N–H and O–H groups in total. The van der Waals surface area contributed by atoms with Crippen LogP contribution in [0.4, 0.5) is 4.39 Å². The lowest BCUT2D eigenvalue weighted by Gasteiger charge is -2.10. The molecule has 9 heteroatoms. The summed E-state index contributed by atoms with van der Waals surface area (Å²) >= 11 is 1.65. The Morgan fingerprint density at radius 1 is 1.03 bits per heavy atom. The zero-order valence-electron chi connectivity index (χ0n) is 18.5. The van der Waals surface area contributed by atoms with Crippen LogP contribution in [0.1, 0.15) is 5.56 Å². The molecule has 0 radical (unpaired) electrons. The summed E-state index contributed by atoms with van der Waals surface area (Å²) in [6, 6.07) is 12.0. The number of hydrogen-bond donors (Lipinski definition) is 2. The van der Waals surface area contributed by atoms with Crippen molar-refractivity contribution in [3.8, 4) is 33.2 Å². The summed E-state index contributed by atoms with van der Waals surface area (Å²) in [5.74, 6) is 0.0461. The summed E-state index contributed by atoms with van der Waals surface area (Å²) in [7, 11) is 3.96. The Bertz CT molecular complexity index is 1630. The molecule has 6 rings (SSSR count). The highest BCUT2D eigenvalue weighted by atomic mass is 32.1. The number of nitrogens with zero attached hydrogens (tertiary/aromatic N) is 5. The molecule has 6 aromatic rings. The fourth-order valence-corrected chi connectivity index (χ4v) is 4.94. The first-order chi connectivity index (χ1) is 16.6. The molecule has 0 aliphatic carbocycles. The van der Waals surface area contributed by atoms with Gasteiger partial charge in [0.2, 0.25) is 0 Å². The van der Waals surface area contributed by atoms with E-state index in [1.165, 1.54) is 0 Å². The zero-order chi connectivity index (χ0) is 23.2. The van der Waals surface area contributed by atoms with E-state index in [0.29, 0.717) is 34.5 Å². The SMILES string of the molecule is CN(C)Cc1cncc(-c2ncc3[nH]nc(-c4nc5c(-c6cccs6)cccc5[nH]4)c3c2F)c1. The first-order valence-corrected chi connectivity index (χ1v) is 11.6. The van der Waals surface area contributed by atoms with Crippen LogP contribution in [0.3, 0.4) is 0 Å². The maximum Gasteiger partial charge on any atom is 0.161 e. The molecule has 0 bridgehead atoms. The number of halogens is 1. The van der Waals surface area contributed by atoms with E-state index < -0.39 is 5.82 Å². The van der Waals surface area contributed by atoms with Crippen molar-refractivity contribution in [2.24, 2.45) is 0 Å². The van der Waals surface area contributed by atoms with Crippen LogP contribution in [0.5, 0.6) is 0 Å². The van der Waals surface area contributed by atoms with Gasteiger partial charge in [0.25, 0.3) is 0 Å². The maximum atomic E-state index is 15.9. The van der Waals surface area contributed by atoms with Gasteiger partial charge in [0.1, 0.15) is 11.4 Å². The Morgan fingerprint density at radius 3 is 2.76 bits per heavy atom. The van der Waals surface area contributed by atoms with Gasteiger partial charge >= 0.3 is 0 Å². The van der Waals surface area contributed by atoms with Crippen LogP contribution < -0.4 is 0 Å². The van der Waals surface area contributed by atoms with Crippen molar-refractivity contribution >= 4 is 33.3 Å². The van der Waals surface area contributed by atoms with Crippen LogP contribution in [-0.2, 0) is 6.54 Å². The largest absolute Gasteiger partial charge is 0.337 e. The standard InChI is InChI=1S/C25H20FN7S/c1-33(2)13-14-9-15(11-27-10-14)22-21(26)20-18(12-28-22)31-32-24(20)25-29-17-6-3-5-16(23(17)30-25)19-7-4-8-34-19/h3-12H,13H2,1-2H3,(H,29,30)(H,31,32). The summed E-state index contributed by atoms with van der Waals surface area (Å²) in [6.45, 7) is 0.702. The molecule has 0 saturated carbocycles. The number of imidazole rings is 1. The van der Waals surface area contributed by atoms with Gasteiger partial charge in [0, 0.05) is 34.9 Å². The third kappa shape index (κ3) is 3.46. The Labute approximate surface area is 198 Å². The van der Waals surface area contributed by atoms with Gasteiger partial charge in [0.05, 0.1) is 28.1 Å². The van der Waals surface area contributed by atoms with Gasteiger partial charge < -0.3 is 9.88 Å². The second-order valence-corrected chi connectivity index (χ2v) is 9.31. The topological polar surface area (TPSA) is 86.4 Å². The predicted octanol–water partition coefficient (Wildman–Crippen LogP) is 5.49. The second-order valence-electron chi connectivity index (χ2n) is 8.37. The molecule has 0 unspecified atom stereocenters. The fourth-order valence-electron chi connectivity index (χ4n) is 4.19. The molecule has 1 aromatic carbocycles. The average Bonchev–Trinajstić information content (AvgIpc) is 3.57. The van der Waals surface area contributed by atoms with Gasteiger partial charge in [-0.25, -0.2) is 9.37 Å². The third-order valence-electron chi connectivity index (χ3n) is 5.64. The quantitative estimate of drug-likeness (QED) is 0.349. The van der Waals surface area contributed by atoms with Gasteiger partial charge in [-0.1, -0.05) is 18.2 Å². The highest BCUT2D eigenvalue weighted by molar-refractivity contribution is 7.13. The predicted molar refractivity (Wildman–Crippen MR) is 133 cm³/mol. The number of aromatic nitrogens is 6. The lowest BCUT2D eigenvalue weighted by Crippen LogP contribution is -2.10. The monoisotopic (exact) mass is 469 g/mol. The number of nitrogens with one attached hydrogen (secondary N) is 2. The summed E-state index contributed by atoms with van der Waals surface area (Å²) < 4.78 is 15.9. The summed E-state index contributed by atoms with van der Waals surface area (Å²) in [5, 5.41) is 9.67. The Kier molecular flexibility index (Phi) is 4.93. The number of H-pyrrole nitrogens is 2. The number of para-hydroxylation sites is 1. The van der Waals surface area contributed by atoms with E-state index in [4.69, 9.17) is 4.98 Å². The van der Waals surface area contributed by atoms with E-state index in [0.717, 1.165) is 27.0 Å². The van der Waals surface area contributed by atoms with Crippen LogP contribution in [0.2, 0.25) is 0 Å². The van der Waals surface area contributed by atoms with Crippen LogP contribution in [0, 0.1) is 5.82 Å². The van der Waals surface area contributed by atoms with Crippen molar-refractivity contribution in [1.29, 1.82) is 0 Å². The molecule has 0 fully saturated rings. The Morgan fingerprint density at radius 2 is 1.94 bits per heavy atom. The highest BCUT2D eigenvalue weighted by Crippen LogP contribution is 2.35. The van der Waals surface area contributed by atoms with E-state index >= 15 is 4.39 Å². The number of rotatable bonds is 5. The number of hydrogen-bond acceptors (Lipinski definition) is 6. The molecule has 5 aromatic heterocycles. The van der Waals surface area contributed by atoms with Gasteiger partial charge in [-0.05, 0) is 43.2 Å². The van der Waals surface area contributed by atoms with Crippen molar-refractivity contribution in [3.05, 3.63) is 71.7 Å². The van der Waals surface area contributed by atoms with E-state index in [1.54, 1.807) is 29.9 Å². The molecule has 0 spiro atoms. The van der Waals surface area contributed by atoms with Crippen molar-refractivity contribution in [2.75, 3.05) is 14.1 Å². The molecule has 0 aliphatic heterocycles. The Hall–Kier alpha value is -3.95. The van der Waals surface area contributed by atoms with E-state index in [-0.39, 0.29) is 5.69 Å². The molecule has 5 heterocycles. The van der Waals surface area contributed by atoms with Crippen molar-refractivity contribution in [1.82, 2.24) is 35.0 Å². The molecule has 0 aliphatic rings. The van der Waals surface area contributed by atoms with Crippen molar-refractivity contribution in [2.45, 2.75) is 6.54 Å². The van der Waals surface area contributed by atoms with Gasteiger partial charge in [-0.2, -0.15) is 5.10 Å². The lowest BCUT2D eigenvalue weighted by molar-refractivity contribution is 0.402. The smallest absolute Gasteiger partial charge is 0.161 e. The van der Waals surface area contributed by atoms with Crippen molar-refractivity contribution in [3.63, 3.8) is 0 Å². The van der Waals surface area contributed by atoms with Gasteiger partial charge in [0.15, 0.2) is 11.6 Å². The first kappa shape index (κ1) is 20.6. The minimum absolute atomic E-state index is 0.235. The molecule has 168 valence electrons. The second kappa shape index (κ2) is 8.12. The number of benzene rings is 1. The van der Waals surface area contributed by atoms with E-state index in [1.807, 2.05) is 54.7 Å². The molecular formula is C25H20FN7S. The zero-order valence-corrected chi connectivity index (χ0v) is 19.3. The van der Waals surface area contributed by atoms with Crippen LogP contribution in [0.15, 0.2) is 60.4 Å². The number of aromatic amines is 2. The average molecular weight is 470 g/mol. The molecule has 0 atom stereocenters. The van der Waals surface area contributed by atoms with Crippen LogP contribution >= 0.6 is 11.3 Å². The van der Waals surface area contributed by atoms with Crippen LogP contribution in [-0.4, -0.2) is 49.1 Å². The molecule has 34 heavy (non-hydrogen) atoms. The minimum Gasteiger partial charge on any atom is -0.337 e. The molecule has 0 amide bonds. The summed E-state index contributed by atoms with van der Waals surface area (Å²) in [6.07, 6.45) is 5.01. The number of thiophene rings is 1. The fraction of sp³-hybridized carbons (Fsp3) is 0.120. The van der Waals surface area contributed by atoms with E-state index in [9.17, 15) is 0 Å². The van der Waals surface area contributed by atoms with Gasteiger partial charge in [-0.15, -0.1) is 11.3 Å². The molecule has 0 saturated heterocycles. The Balaban J connectivity index is 1.50. The first-order valence-electron chi connectivity index (χ1n) is 10.7. The van der Waals surface area contributed by atoms with E-state index in [2.05, 4.69) is 31.2 Å². The number of fused-ring (bicyclic) bond motifs is 2. The lowest BCUT2D eigenvalue weighted by atomic mass is 10.1. The van der Waals surface area contributed by atoms with Crippen LogP contribution in [0.25, 0.3) is 55.2 Å².